The van der Waals surface area contributed by atoms with Crippen LogP contribution in [0.4, 0.5) is 5.88 Å². The maximum atomic E-state index is 10.7. The summed E-state index contributed by atoms with van der Waals surface area (Å²) in [6.07, 6.45) is 0. The number of nitrogens with zero attached hydrogens (tertiary/aromatic N) is 1. The fraction of sp³-hybridized carbons (Fsp3) is 0.286. The van der Waals surface area contributed by atoms with Gasteiger partial charge >= 0.3 is 5.88 Å². The van der Waals surface area contributed by atoms with E-state index in [-0.39, 0.29) is 11.9 Å². The molecule has 1 aromatic carbocycles. The van der Waals surface area contributed by atoms with E-state index in [2.05, 4.69) is 5.32 Å². The summed E-state index contributed by atoms with van der Waals surface area (Å²) in [5.74, 6) is 0.749. The number of furan rings is 1. The Hall–Kier alpha value is -2.05. The predicted molar refractivity (Wildman–Crippen MR) is 78.9 cm³/mol. The third-order valence-electron chi connectivity index (χ3n) is 2.99. The van der Waals surface area contributed by atoms with Crippen molar-refractivity contribution >= 4 is 17.5 Å². The van der Waals surface area contributed by atoms with Gasteiger partial charge in [0.25, 0.3) is 0 Å². The van der Waals surface area contributed by atoms with E-state index in [4.69, 9.17) is 20.8 Å². The van der Waals surface area contributed by atoms with Crippen molar-refractivity contribution in [1.82, 2.24) is 5.32 Å². The fourth-order valence-electron chi connectivity index (χ4n) is 2.04. The highest BCUT2D eigenvalue weighted by molar-refractivity contribution is 6.32. The average molecular weight is 311 g/mol. The minimum absolute atomic E-state index is 0.285. The van der Waals surface area contributed by atoms with Gasteiger partial charge in [-0.2, -0.15) is 0 Å². The van der Waals surface area contributed by atoms with Gasteiger partial charge in [-0.1, -0.05) is 24.6 Å². The number of nitrogens with one attached hydrogen (secondary N) is 1. The van der Waals surface area contributed by atoms with E-state index in [1.807, 2.05) is 13.0 Å². The van der Waals surface area contributed by atoms with Crippen molar-refractivity contribution in [2.24, 2.45) is 0 Å². The molecule has 1 atom stereocenters. The number of benzene rings is 1. The average Bonchev–Trinajstić information content (AvgIpc) is 2.94. The molecule has 0 aliphatic rings. The summed E-state index contributed by atoms with van der Waals surface area (Å²) in [5.41, 5.74) is 0.840. The minimum Gasteiger partial charge on any atom is -0.495 e. The van der Waals surface area contributed by atoms with E-state index in [0.717, 1.165) is 5.56 Å². The van der Waals surface area contributed by atoms with E-state index in [0.29, 0.717) is 23.1 Å². The number of nitro groups is 1. The van der Waals surface area contributed by atoms with Gasteiger partial charge in [-0.25, -0.2) is 0 Å². The Kier molecular flexibility index (Phi) is 4.82. The molecule has 2 aromatic rings. The predicted octanol–water partition coefficient (Wildman–Crippen LogP) is 3.55. The van der Waals surface area contributed by atoms with Crippen LogP contribution in [0.2, 0.25) is 5.02 Å². The molecule has 0 aliphatic heterocycles. The molecule has 112 valence electrons. The second-order valence-electron chi connectivity index (χ2n) is 4.32. The Morgan fingerprint density at radius 1 is 1.43 bits per heavy atom. The molecule has 1 aromatic heterocycles. The molecule has 2 rings (SSSR count). The highest BCUT2D eigenvalue weighted by atomic mass is 35.5. The molecular formula is C14H15ClN2O4. The summed E-state index contributed by atoms with van der Waals surface area (Å²) < 4.78 is 10.4. The van der Waals surface area contributed by atoms with Gasteiger partial charge in [0, 0.05) is 0 Å². The molecule has 0 aliphatic carbocycles. The van der Waals surface area contributed by atoms with Crippen molar-refractivity contribution in [1.29, 1.82) is 0 Å². The zero-order valence-corrected chi connectivity index (χ0v) is 12.4. The second-order valence-corrected chi connectivity index (χ2v) is 4.72. The van der Waals surface area contributed by atoms with Crippen molar-refractivity contribution in [2.75, 3.05) is 13.7 Å². The second kappa shape index (κ2) is 6.60. The Labute approximate surface area is 126 Å². The quantitative estimate of drug-likeness (QED) is 0.652. The molecule has 6 nitrogen and oxygen atoms in total. The lowest BCUT2D eigenvalue weighted by molar-refractivity contribution is -0.402. The molecular weight excluding hydrogens is 296 g/mol. The van der Waals surface area contributed by atoms with Crippen molar-refractivity contribution in [3.63, 3.8) is 0 Å². The Morgan fingerprint density at radius 2 is 2.19 bits per heavy atom. The summed E-state index contributed by atoms with van der Waals surface area (Å²) in [6.45, 7) is 2.61. The lowest BCUT2D eigenvalue weighted by atomic mass is 10.0. The van der Waals surface area contributed by atoms with E-state index in [1.165, 1.54) is 6.07 Å². The van der Waals surface area contributed by atoms with Crippen LogP contribution in [0.1, 0.15) is 24.3 Å². The Balaban J connectivity index is 2.37. The molecule has 1 unspecified atom stereocenters. The summed E-state index contributed by atoms with van der Waals surface area (Å²) in [4.78, 5) is 10.2. The SMILES string of the molecule is CCNC(c1ccc(OC)c(Cl)c1)c1ccc([N+](=O)[O-])o1. The van der Waals surface area contributed by atoms with Crippen LogP contribution in [0.5, 0.6) is 5.75 Å². The molecule has 1 N–H and O–H groups in total. The molecule has 0 fully saturated rings. The van der Waals surface area contributed by atoms with Crippen LogP contribution in [0, 0.1) is 10.1 Å². The van der Waals surface area contributed by atoms with Gasteiger partial charge in [0.1, 0.15) is 16.4 Å². The topological polar surface area (TPSA) is 77.5 Å². The maximum absolute atomic E-state index is 10.7. The van der Waals surface area contributed by atoms with Gasteiger partial charge < -0.3 is 14.5 Å². The number of rotatable bonds is 6. The number of methoxy groups -OCH3 is 1. The van der Waals surface area contributed by atoms with Gasteiger partial charge in [-0.05, 0) is 30.3 Å². The lowest BCUT2D eigenvalue weighted by Crippen LogP contribution is -2.21. The largest absolute Gasteiger partial charge is 0.495 e. The van der Waals surface area contributed by atoms with Crippen LogP contribution < -0.4 is 10.1 Å². The highest BCUT2D eigenvalue weighted by Gasteiger charge is 2.21. The molecule has 1 heterocycles. The number of ether oxygens (including phenoxy) is 1. The van der Waals surface area contributed by atoms with Crippen molar-refractivity contribution in [3.8, 4) is 5.75 Å². The monoisotopic (exact) mass is 310 g/mol. The van der Waals surface area contributed by atoms with Crippen LogP contribution in [-0.2, 0) is 0 Å². The molecule has 0 saturated heterocycles. The van der Waals surface area contributed by atoms with Crippen LogP contribution in [0.15, 0.2) is 34.7 Å². The van der Waals surface area contributed by atoms with Crippen molar-refractivity contribution < 1.29 is 14.1 Å². The third-order valence-corrected chi connectivity index (χ3v) is 3.29. The number of halogens is 1. The van der Waals surface area contributed by atoms with E-state index in [1.54, 1.807) is 25.3 Å². The van der Waals surface area contributed by atoms with Crippen molar-refractivity contribution in [2.45, 2.75) is 13.0 Å². The maximum Gasteiger partial charge on any atom is 0.433 e. The molecule has 7 heteroatoms. The standard InChI is InChI=1S/C14H15ClN2O4/c1-3-16-14(12-6-7-13(21-12)17(18)19)9-4-5-11(20-2)10(15)8-9/h4-8,14,16H,3H2,1-2H3. The first kappa shape index (κ1) is 15.3. The van der Waals surface area contributed by atoms with Gasteiger partial charge in [-0.3, -0.25) is 10.1 Å². The molecule has 21 heavy (non-hydrogen) atoms. The van der Waals surface area contributed by atoms with Gasteiger partial charge in [0.2, 0.25) is 0 Å². The molecule has 0 radical (unpaired) electrons. The number of hydrogen-bond donors (Lipinski definition) is 1. The molecule has 0 amide bonds. The van der Waals surface area contributed by atoms with E-state index >= 15 is 0 Å². The van der Waals surface area contributed by atoms with Gasteiger partial charge in [0.05, 0.1) is 24.2 Å². The van der Waals surface area contributed by atoms with Crippen LogP contribution in [-0.4, -0.2) is 18.6 Å². The lowest BCUT2D eigenvalue weighted by Gasteiger charge is -2.16. The first-order chi connectivity index (χ1) is 10.1. The number of hydrogen-bond acceptors (Lipinski definition) is 5. The van der Waals surface area contributed by atoms with Crippen LogP contribution in [0.3, 0.4) is 0 Å². The normalized spacial score (nSPS) is 12.1. The summed E-state index contributed by atoms with van der Waals surface area (Å²) in [6, 6.07) is 7.95. The van der Waals surface area contributed by atoms with E-state index < -0.39 is 4.92 Å². The first-order valence-electron chi connectivity index (χ1n) is 6.37. The van der Waals surface area contributed by atoms with E-state index in [9.17, 15) is 10.1 Å². The summed E-state index contributed by atoms with van der Waals surface area (Å²) >= 11 is 6.13. The zero-order valence-electron chi connectivity index (χ0n) is 11.6. The van der Waals surface area contributed by atoms with Gasteiger partial charge in [-0.15, -0.1) is 0 Å². The molecule has 0 spiro atoms. The first-order valence-corrected chi connectivity index (χ1v) is 6.75. The fourth-order valence-corrected chi connectivity index (χ4v) is 2.31. The summed E-state index contributed by atoms with van der Waals surface area (Å²) in [7, 11) is 1.54. The smallest absolute Gasteiger partial charge is 0.433 e. The zero-order chi connectivity index (χ0) is 15.4. The van der Waals surface area contributed by atoms with Gasteiger partial charge in [0.15, 0.2) is 0 Å². The Morgan fingerprint density at radius 3 is 2.71 bits per heavy atom. The minimum atomic E-state index is -0.562. The molecule has 0 bridgehead atoms. The Bertz CT molecular complexity index is 642. The molecule has 0 saturated carbocycles. The highest BCUT2D eigenvalue weighted by Crippen LogP contribution is 2.32. The van der Waals surface area contributed by atoms with Crippen LogP contribution in [0.25, 0.3) is 0 Å². The third kappa shape index (κ3) is 3.34. The van der Waals surface area contributed by atoms with Crippen molar-refractivity contribution in [3.05, 3.63) is 56.8 Å². The van der Waals surface area contributed by atoms with Crippen LogP contribution >= 0.6 is 11.6 Å². The summed E-state index contributed by atoms with van der Waals surface area (Å²) in [5, 5.41) is 14.4.